The molecular formula is C11H15F3N2O2. The van der Waals surface area contributed by atoms with Crippen LogP contribution in [-0.2, 0) is 11.3 Å². The predicted octanol–water partition coefficient (Wildman–Crippen LogP) is 1.83. The van der Waals surface area contributed by atoms with Crippen molar-refractivity contribution in [3.8, 4) is 0 Å². The molecule has 0 bridgehead atoms. The maximum atomic E-state index is 11.9. The Hall–Kier alpha value is -1.50. The third-order valence-electron chi connectivity index (χ3n) is 2.27. The highest BCUT2D eigenvalue weighted by atomic mass is 19.4. The highest BCUT2D eigenvalue weighted by molar-refractivity contribution is 5.81. The second-order valence-electron chi connectivity index (χ2n) is 3.84. The van der Waals surface area contributed by atoms with Gasteiger partial charge in [0.1, 0.15) is 5.76 Å². The SMILES string of the molecule is CC(NCCC(F)(F)F)C(=O)NCc1ccco1. The van der Waals surface area contributed by atoms with Crippen LogP contribution in [-0.4, -0.2) is 24.7 Å². The first-order chi connectivity index (χ1) is 8.38. The van der Waals surface area contributed by atoms with Crippen molar-refractivity contribution in [3.63, 3.8) is 0 Å². The van der Waals surface area contributed by atoms with Crippen LogP contribution in [0, 0.1) is 0 Å². The van der Waals surface area contributed by atoms with Crippen LogP contribution < -0.4 is 10.6 Å². The first kappa shape index (κ1) is 14.6. The van der Waals surface area contributed by atoms with E-state index in [1.807, 2.05) is 0 Å². The molecule has 102 valence electrons. The second kappa shape index (κ2) is 6.44. The molecule has 0 fully saturated rings. The lowest BCUT2D eigenvalue weighted by Gasteiger charge is -2.14. The van der Waals surface area contributed by atoms with E-state index >= 15 is 0 Å². The number of carbonyl (C=O) groups is 1. The molecule has 0 radical (unpaired) electrons. The monoisotopic (exact) mass is 264 g/mol. The van der Waals surface area contributed by atoms with Gasteiger partial charge in [-0.2, -0.15) is 13.2 Å². The van der Waals surface area contributed by atoms with Gasteiger partial charge in [-0.05, 0) is 19.1 Å². The van der Waals surface area contributed by atoms with Crippen LogP contribution in [0.2, 0.25) is 0 Å². The molecule has 0 aliphatic heterocycles. The summed E-state index contributed by atoms with van der Waals surface area (Å²) in [7, 11) is 0. The Morgan fingerprint density at radius 1 is 1.50 bits per heavy atom. The van der Waals surface area contributed by atoms with Crippen LogP contribution in [0.15, 0.2) is 22.8 Å². The van der Waals surface area contributed by atoms with Gasteiger partial charge in [0.2, 0.25) is 5.91 Å². The number of amides is 1. The smallest absolute Gasteiger partial charge is 0.390 e. The maximum Gasteiger partial charge on any atom is 0.390 e. The van der Waals surface area contributed by atoms with E-state index in [2.05, 4.69) is 10.6 Å². The van der Waals surface area contributed by atoms with E-state index in [1.54, 1.807) is 12.1 Å². The highest BCUT2D eigenvalue weighted by Crippen LogP contribution is 2.18. The van der Waals surface area contributed by atoms with Gasteiger partial charge in [0.05, 0.1) is 25.3 Å². The van der Waals surface area contributed by atoms with Crippen LogP contribution in [0.3, 0.4) is 0 Å². The molecule has 4 nitrogen and oxygen atoms in total. The largest absolute Gasteiger partial charge is 0.467 e. The Balaban J connectivity index is 2.20. The van der Waals surface area contributed by atoms with Gasteiger partial charge in [-0.25, -0.2) is 0 Å². The fourth-order valence-corrected chi connectivity index (χ4v) is 1.26. The molecule has 0 saturated heterocycles. The van der Waals surface area contributed by atoms with Crippen molar-refractivity contribution in [1.29, 1.82) is 0 Å². The van der Waals surface area contributed by atoms with Crippen LogP contribution in [0.5, 0.6) is 0 Å². The molecule has 1 atom stereocenters. The van der Waals surface area contributed by atoms with Crippen molar-refractivity contribution >= 4 is 5.91 Å². The van der Waals surface area contributed by atoms with Crippen LogP contribution in [0.1, 0.15) is 19.1 Å². The van der Waals surface area contributed by atoms with Gasteiger partial charge in [-0.1, -0.05) is 0 Å². The minimum absolute atomic E-state index is 0.219. The number of carbonyl (C=O) groups excluding carboxylic acids is 1. The number of furan rings is 1. The van der Waals surface area contributed by atoms with Crippen molar-refractivity contribution in [2.24, 2.45) is 0 Å². The van der Waals surface area contributed by atoms with Gasteiger partial charge in [0.25, 0.3) is 0 Å². The zero-order valence-corrected chi connectivity index (χ0v) is 9.88. The summed E-state index contributed by atoms with van der Waals surface area (Å²) in [5.74, 6) is 0.222. The lowest BCUT2D eigenvalue weighted by molar-refractivity contribution is -0.135. The molecule has 1 rings (SSSR count). The highest BCUT2D eigenvalue weighted by Gasteiger charge is 2.26. The molecule has 18 heavy (non-hydrogen) atoms. The fraction of sp³-hybridized carbons (Fsp3) is 0.545. The Kier molecular flexibility index (Phi) is 5.21. The number of nitrogens with one attached hydrogen (secondary N) is 2. The summed E-state index contributed by atoms with van der Waals surface area (Å²) in [4.78, 5) is 11.5. The second-order valence-corrected chi connectivity index (χ2v) is 3.84. The van der Waals surface area contributed by atoms with Gasteiger partial charge in [-0.3, -0.25) is 4.79 Å². The Morgan fingerprint density at radius 3 is 2.78 bits per heavy atom. The van der Waals surface area contributed by atoms with E-state index in [0.29, 0.717) is 5.76 Å². The molecule has 1 heterocycles. The number of hydrogen-bond acceptors (Lipinski definition) is 3. The lowest BCUT2D eigenvalue weighted by atomic mass is 10.3. The van der Waals surface area contributed by atoms with Crippen LogP contribution in [0.25, 0.3) is 0 Å². The van der Waals surface area contributed by atoms with E-state index in [4.69, 9.17) is 4.42 Å². The van der Waals surface area contributed by atoms with Crippen molar-refractivity contribution in [2.45, 2.75) is 32.1 Å². The van der Waals surface area contributed by atoms with E-state index in [-0.39, 0.29) is 19.0 Å². The van der Waals surface area contributed by atoms with E-state index in [9.17, 15) is 18.0 Å². The molecule has 0 aliphatic rings. The molecule has 0 saturated carbocycles. The minimum Gasteiger partial charge on any atom is -0.467 e. The van der Waals surface area contributed by atoms with E-state index in [0.717, 1.165) is 0 Å². The van der Waals surface area contributed by atoms with Crippen molar-refractivity contribution in [1.82, 2.24) is 10.6 Å². The fourth-order valence-electron chi connectivity index (χ4n) is 1.26. The molecule has 1 aromatic rings. The molecule has 1 amide bonds. The summed E-state index contributed by atoms with van der Waals surface area (Å²) in [6.45, 7) is 1.45. The maximum absolute atomic E-state index is 11.9. The summed E-state index contributed by atoms with van der Waals surface area (Å²) in [6.07, 6.45) is -3.69. The molecule has 1 unspecified atom stereocenters. The third kappa shape index (κ3) is 5.72. The first-order valence-electron chi connectivity index (χ1n) is 5.49. The van der Waals surface area contributed by atoms with Gasteiger partial charge < -0.3 is 15.1 Å². The lowest BCUT2D eigenvalue weighted by Crippen LogP contribution is -2.42. The number of rotatable bonds is 6. The third-order valence-corrected chi connectivity index (χ3v) is 2.27. The minimum atomic E-state index is -4.21. The zero-order chi connectivity index (χ0) is 13.6. The molecule has 7 heteroatoms. The Morgan fingerprint density at radius 2 is 2.22 bits per heavy atom. The van der Waals surface area contributed by atoms with Crippen LogP contribution in [0.4, 0.5) is 13.2 Å². The van der Waals surface area contributed by atoms with Crippen molar-refractivity contribution in [2.75, 3.05) is 6.54 Å². The van der Waals surface area contributed by atoms with Gasteiger partial charge in [0.15, 0.2) is 0 Å². The van der Waals surface area contributed by atoms with E-state index < -0.39 is 18.6 Å². The average molecular weight is 264 g/mol. The van der Waals surface area contributed by atoms with E-state index in [1.165, 1.54) is 13.2 Å². The van der Waals surface area contributed by atoms with Gasteiger partial charge >= 0.3 is 6.18 Å². The van der Waals surface area contributed by atoms with Crippen molar-refractivity contribution < 1.29 is 22.4 Å². The molecule has 0 aliphatic carbocycles. The number of halogens is 3. The Bertz CT molecular complexity index is 363. The summed E-state index contributed by atoms with van der Waals surface area (Å²) >= 11 is 0. The zero-order valence-electron chi connectivity index (χ0n) is 9.88. The summed E-state index contributed by atoms with van der Waals surface area (Å²) in [5.41, 5.74) is 0. The standard InChI is InChI=1S/C11H15F3N2O2/c1-8(15-5-4-11(12,13)14)10(17)16-7-9-3-2-6-18-9/h2-3,6,8,15H,4-5,7H2,1H3,(H,16,17). The average Bonchev–Trinajstić information content (AvgIpc) is 2.76. The van der Waals surface area contributed by atoms with Gasteiger partial charge in [0, 0.05) is 6.54 Å². The molecule has 0 spiro atoms. The van der Waals surface area contributed by atoms with Crippen LogP contribution >= 0.6 is 0 Å². The quantitative estimate of drug-likeness (QED) is 0.824. The summed E-state index contributed by atoms with van der Waals surface area (Å²) in [5, 5.41) is 5.06. The summed E-state index contributed by atoms with van der Waals surface area (Å²) < 4.78 is 40.7. The molecular weight excluding hydrogens is 249 g/mol. The molecule has 1 aromatic heterocycles. The Labute approximate surface area is 103 Å². The number of alkyl halides is 3. The normalized spacial score (nSPS) is 13.3. The summed E-state index contributed by atoms with van der Waals surface area (Å²) in [6, 6.07) is 2.71. The number of hydrogen-bond donors (Lipinski definition) is 2. The van der Waals surface area contributed by atoms with Gasteiger partial charge in [-0.15, -0.1) is 0 Å². The van der Waals surface area contributed by atoms with Crippen molar-refractivity contribution in [3.05, 3.63) is 24.2 Å². The topological polar surface area (TPSA) is 54.3 Å². The molecule has 0 aromatic carbocycles. The first-order valence-corrected chi connectivity index (χ1v) is 5.49. The predicted molar refractivity (Wildman–Crippen MR) is 58.7 cm³/mol. The molecule has 2 N–H and O–H groups in total.